The molecule has 1 aromatic rings. The fourth-order valence-electron chi connectivity index (χ4n) is 2.34. The van der Waals surface area contributed by atoms with Crippen LogP contribution in [0.25, 0.3) is 0 Å². The summed E-state index contributed by atoms with van der Waals surface area (Å²) in [7, 11) is 0. The lowest BCUT2D eigenvalue weighted by Crippen LogP contribution is -2.26. The van der Waals surface area contributed by atoms with Gasteiger partial charge in [-0.15, -0.1) is 0 Å². The van der Waals surface area contributed by atoms with Gasteiger partial charge in [-0.05, 0) is 30.4 Å². The highest BCUT2D eigenvalue weighted by Gasteiger charge is 2.27. The maximum atomic E-state index is 10.7. The van der Waals surface area contributed by atoms with Crippen molar-refractivity contribution in [1.82, 2.24) is 0 Å². The molecule has 0 saturated heterocycles. The number of fused-ring (bicyclic) bond motifs is 1. The number of rotatable bonds is 3. The Morgan fingerprint density at radius 1 is 1.62 bits per heavy atom. The van der Waals surface area contributed by atoms with E-state index < -0.39 is 5.97 Å². The van der Waals surface area contributed by atoms with Gasteiger partial charge in [-0.1, -0.05) is 25.1 Å². The molecule has 0 aliphatic carbocycles. The van der Waals surface area contributed by atoms with Crippen LogP contribution in [-0.4, -0.2) is 17.1 Å². The highest BCUT2D eigenvalue weighted by atomic mass is 16.4. The van der Waals surface area contributed by atoms with Crippen LogP contribution in [0.15, 0.2) is 18.2 Å². The molecule has 0 aromatic heterocycles. The molecule has 2 rings (SSSR count). The van der Waals surface area contributed by atoms with Crippen LogP contribution in [0.1, 0.15) is 24.5 Å². The first-order valence-electron chi connectivity index (χ1n) is 5.64. The first-order chi connectivity index (χ1) is 7.58. The zero-order valence-corrected chi connectivity index (χ0v) is 9.66. The first kappa shape index (κ1) is 11.0. The van der Waals surface area contributed by atoms with Crippen LogP contribution in [0.3, 0.4) is 0 Å². The number of aryl methyl sites for hydroxylation is 1. The second kappa shape index (κ2) is 4.16. The Labute approximate surface area is 95.5 Å². The van der Waals surface area contributed by atoms with E-state index in [1.54, 1.807) is 0 Å². The summed E-state index contributed by atoms with van der Waals surface area (Å²) in [6, 6.07) is 6.51. The van der Waals surface area contributed by atoms with Gasteiger partial charge in [0.05, 0.1) is 0 Å². The van der Waals surface area contributed by atoms with E-state index in [9.17, 15) is 4.79 Å². The summed E-state index contributed by atoms with van der Waals surface area (Å²) >= 11 is 0. The van der Waals surface area contributed by atoms with E-state index in [-0.39, 0.29) is 18.4 Å². The van der Waals surface area contributed by atoms with Crippen molar-refractivity contribution in [1.29, 1.82) is 0 Å². The van der Waals surface area contributed by atoms with Crippen LogP contribution in [0.2, 0.25) is 0 Å². The lowest BCUT2D eigenvalue weighted by molar-refractivity contribution is -0.138. The largest absolute Gasteiger partial charge is 0.481 e. The highest BCUT2D eigenvalue weighted by molar-refractivity contribution is 5.68. The lowest BCUT2D eigenvalue weighted by atomic mass is 9.95. The Bertz CT molecular complexity index is 414. The fourth-order valence-corrected chi connectivity index (χ4v) is 2.34. The molecule has 3 nitrogen and oxygen atoms in total. The standard InChI is InChI=1S/C13H17NO2/c1-8-4-3-5-10-7-11(14-13(8)10)9(2)6-12(15)16/h3-5,9,11,14H,6-7H2,1-2H3,(H,15,16). The van der Waals surface area contributed by atoms with Crippen molar-refractivity contribution in [2.24, 2.45) is 5.92 Å². The van der Waals surface area contributed by atoms with Crippen molar-refractivity contribution in [3.63, 3.8) is 0 Å². The molecule has 0 amide bonds. The Morgan fingerprint density at radius 2 is 2.38 bits per heavy atom. The average Bonchev–Trinajstić information content (AvgIpc) is 2.61. The molecule has 2 N–H and O–H groups in total. The molecular formula is C13H17NO2. The number of nitrogens with one attached hydrogen (secondary N) is 1. The molecule has 1 heterocycles. The van der Waals surface area contributed by atoms with Crippen molar-refractivity contribution in [3.8, 4) is 0 Å². The summed E-state index contributed by atoms with van der Waals surface area (Å²) in [6.45, 7) is 4.07. The fraction of sp³-hybridized carbons (Fsp3) is 0.462. The van der Waals surface area contributed by atoms with E-state index in [0.29, 0.717) is 0 Å². The first-order valence-corrected chi connectivity index (χ1v) is 5.64. The lowest BCUT2D eigenvalue weighted by Gasteiger charge is -2.18. The number of para-hydroxylation sites is 1. The monoisotopic (exact) mass is 219 g/mol. The van der Waals surface area contributed by atoms with Crippen LogP contribution < -0.4 is 5.32 Å². The van der Waals surface area contributed by atoms with Crippen molar-refractivity contribution < 1.29 is 9.90 Å². The van der Waals surface area contributed by atoms with E-state index in [1.165, 1.54) is 16.8 Å². The number of carboxylic acid groups (broad SMARTS) is 1. The summed E-state index contributed by atoms with van der Waals surface area (Å²) in [4.78, 5) is 10.7. The number of aliphatic carboxylic acids is 1. The predicted molar refractivity (Wildman–Crippen MR) is 63.7 cm³/mol. The number of anilines is 1. The molecule has 0 fully saturated rings. The van der Waals surface area contributed by atoms with Gasteiger partial charge in [0.15, 0.2) is 0 Å². The Morgan fingerprint density at radius 3 is 3.00 bits per heavy atom. The van der Waals surface area contributed by atoms with Gasteiger partial charge in [0.25, 0.3) is 0 Å². The van der Waals surface area contributed by atoms with E-state index in [0.717, 1.165) is 6.42 Å². The molecule has 0 saturated carbocycles. The van der Waals surface area contributed by atoms with E-state index in [4.69, 9.17) is 5.11 Å². The highest BCUT2D eigenvalue weighted by Crippen LogP contribution is 2.32. The second-order valence-electron chi connectivity index (χ2n) is 4.64. The van der Waals surface area contributed by atoms with Crippen molar-refractivity contribution in [3.05, 3.63) is 29.3 Å². The molecule has 1 aliphatic rings. The summed E-state index contributed by atoms with van der Waals surface area (Å²) in [5.41, 5.74) is 3.74. The minimum atomic E-state index is -0.720. The van der Waals surface area contributed by atoms with Gasteiger partial charge in [-0.25, -0.2) is 0 Å². The van der Waals surface area contributed by atoms with Gasteiger partial charge in [0.1, 0.15) is 0 Å². The third-order valence-electron chi connectivity index (χ3n) is 3.31. The maximum Gasteiger partial charge on any atom is 0.303 e. The van der Waals surface area contributed by atoms with E-state index in [2.05, 4.69) is 30.4 Å². The molecule has 86 valence electrons. The molecule has 16 heavy (non-hydrogen) atoms. The third-order valence-corrected chi connectivity index (χ3v) is 3.31. The molecule has 2 unspecified atom stereocenters. The summed E-state index contributed by atoms with van der Waals surface area (Å²) in [5, 5.41) is 12.2. The number of carboxylic acids is 1. The molecule has 0 radical (unpaired) electrons. The molecule has 3 heteroatoms. The van der Waals surface area contributed by atoms with Crippen LogP contribution in [0.5, 0.6) is 0 Å². The van der Waals surface area contributed by atoms with Crippen molar-refractivity contribution >= 4 is 11.7 Å². The molecule has 0 spiro atoms. The Kier molecular flexibility index (Phi) is 2.86. The van der Waals surface area contributed by atoms with Gasteiger partial charge < -0.3 is 10.4 Å². The molecular weight excluding hydrogens is 202 g/mol. The van der Waals surface area contributed by atoms with Crippen LogP contribution >= 0.6 is 0 Å². The Hall–Kier alpha value is -1.51. The van der Waals surface area contributed by atoms with Gasteiger partial charge >= 0.3 is 5.97 Å². The van der Waals surface area contributed by atoms with E-state index in [1.807, 2.05) is 6.92 Å². The average molecular weight is 219 g/mol. The third kappa shape index (κ3) is 2.03. The minimum Gasteiger partial charge on any atom is -0.481 e. The Balaban J connectivity index is 2.11. The van der Waals surface area contributed by atoms with Crippen molar-refractivity contribution in [2.75, 3.05) is 5.32 Å². The quantitative estimate of drug-likeness (QED) is 0.821. The molecule has 1 aliphatic heterocycles. The van der Waals surface area contributed by atoms with Gasteiger partial charge in [0, 0.05) is 18.2 Å². The van der Waals surface area contributed by atoms with Gasteiger partial charge in [0.2, 0.25) is 0 Å². The maximum absolute atomic E-state index is 10.7. The number of carbonyl (C=O) groups is 1. The summed E-state index contributed by atoms with van der Waals surface area (Å²) in [5.74, 6) is -0.564. The summed E-state index contributed by atoms with van der Waals surface area (Å²) in [6.07, 6.45) is 1.16. The summed E-state index contributed by atoms with van der Waals surface area (Å²) < 4.78 is 0. The zero-order chi connectivity index (χ0) is 11.7. The number of hydrogen-bond acceptors (Lipinski definition) is 2. The topological polar surface area (TPSA) is 49.3 Å². The normalized spacial score (nSPS) is 20.0. The molecule has 1 aromatic carbocycles. The number of hydrogen-bond donors (Lipinski definition) is 2. The second-order valence-corrected chi connectivity index (χ2v) is 4.64. The zero-order valence-electron chi connectivity index (χ0n) is 9.66. The van der Waals surface area contributed by atoms with Crippen LogP contribution in [0.4, 0.5) is 5.69 Å². The van der Waals surface area contributed by atoms with Gasteiger partial charge in [-0.2, -0.15) is 0 Å². The smallest absolute Gasteiger partial charge is 0.303 e. The number of benzene rings is 1. The van der Waals surface area contributed by atoms with E-state index >= 15 is 0 Å². The van der Waals surface area contributed by atoms with Crippen molar-refractivity contribution in [2.45, 2.75) is 32.7 Å². The SMILES string of the molecule is Cc1cccc2c1NC(C(C)CC(=O)O)C2. The van der Waals surface area contributed by atoms with Gasteiger partial charge in [-0.3, -0.25) is 4.79 Å². The predicted octanol–water partition coefficient (Wildman–Crippen LogP) is 2.44. The van der Waals surface area contributed by atoms with Crippen LogP contribution in [-0.2, 0) is 11.2 Å². The minimum absolute atomic E-state index is 0.157. The molecule has 2 atom stereocenters. The molecule has 0 bridgehead atoms. The van der Waals surface area contributed by atoms with Crippen LogP contribution in [0, 0.1) is 12.8 Å².